The first-order valence-electron chi connectivity index (χ1n) is 7.90. The van der Waals surface area contributed by atoms with E-state index in [0.717, 1.165) is 30.4 Å². The van der Waals surface area contributed by atoms with Crippen LogP contribution in [0.4, 0.5) is 5.95 Å². The van der Waals surface area contributed by atoms with Gasteiger partial charge < -0.3 is 9.80 Å². The highest BCUT2D eigenvalue weighted by molar-refractivity contribution is 5.80. The SMILES string of the molecule is Cc1cc(C)n(C(C)C(=O)N2CCN(c3ncccn3)CC2)n1. The lowest BCUT2D eigenvalue weighted by molar-refractivity contribution is -0.134. The average molecular weight is 314 g/mol. The van der Waals surface area contributed by atoms with Crippen LogP contribution in [-0.2, 0) is 4.79 Å². The lowest BCUT2D eigenvalue weighted by Gasteiger charge is -2.36. The Labute approximate surface area is 135 Å². The predicted molar refractivity (Wildman–Crippen MR) is 87.2 cm³/mol. The molecular weight excluding hydrogens is 292 g/mol. The maximum Gasteiger partial charge on any atom is 0.247 e. The molecule has 0 N–H and O–H groups in total. The lowest BCUT2D eigenvalue weighted by Crippen LogP contribution is -2.50. The van der Waals surface area contributed by atoms with Crippen LogP contribution >= 0.6 is 0 Å². The van der Waals surface area contributed by atoms with Gasteiger partial charge in [-0.1, -0.05) is 0 Å². The smallest absolute Gasteiger partial charge is 0.247 e. The molecule has 3 heterocycles. The van der Waals surface area contributed by atoms with Crippen LogP contribution in [0.2, 0.25) is 0 Å². The van der Waals surface area contributed by atoms with Crippen LogP contribution in [0.25, 0.3) is 0 Å². The minimum Gasteiger partial charge on any atom is -0.337 e. The van der Waals surface area contributed by atoms with Crippen molar-refractivity contribution in [2.75, 3.05) is 31.1 Å². The van der Waals surface area contributed by atoms with Crippen molar-refractivity contribution in [1.82, 2.24) is 24.6 Å². The highest BCUT2D eigenvalue weighted by atomic mass is 16.2. The van der Waals surface area contributed by atoms with Gasteiger partial charge in [0.1, 0.15) is 6.04 Å². The molecule has 7 nitrogen and oxygen atoms in total. The number of rotatable bonds is 3. The third-order valence-corrected chi connectivity index (χ3v) is 4.20. The predicted octanol–water partition coefficient (Wildman–Crippen LogP) is 1.20. The van der Waals surface area contributed by atoms with Crippen LogP contribution in [0.3, 0.4) is 0 Å². The third kappa shape index (κ3) is 3.18. The van der Waals surface area contributed by atoms with E-state index in [2.05, 4.69) is 20.0 Å². The molecule has 2 aromatic rings. The highest BCUT2D eigenvalue weighted by Crippen LogP contribution is 2.16. The standard InChI is InChI=1S/C16H22N6O/c1-12-11-13(2)22(19-12)14(3)15(23)20-7-9-21(10-8-20)16-17-5-4-6-18-16/h4-6,11,14H,7-10H2,1-3H3. The molecule has 1 aliphatic heterocycles. The summed E-state index contributed by atoms with van der Waals surface area (Å²) in [5.41, 5.74) is 1.95. The fraction of sp³-hybridized carbons (Fsp3) is 0.500. The topological polar surface area (TPSA) is 67.2 Å². The van der Waals surface area contributed by atoms with E-state index in [1.54, 1.807) is 18.5 Å². The number of aryl methyl sites for hydroxylation is 2. The molecule has 0 radical (unpaired) electrons. The van der Waals surface area contributed by atoms with Gasteiger partial charge in [-0.05, 0) is 32.9 Å². The summed E-state index contributed by atoms with van der Waals surface area (Å²) in [6, 6.07) is 3.52. The summed E-state index contributed by atoms with van der Waals surface area (Å²) in [5, 5.41) is 4.43. The summed E-state index contributed by atoms with van der Waals surface area (Å²) < 4.78 is 1.81. The van der Waals surface area contributed by atoms with Crippen LogP contribution < -0.4 is 4.90 Å². The van der Waals surface area contributed by atoms with Gasteiger partial charge >= 0.3 is 0 Å². The second-order valence-corrected chi connectivity index (χ2v) is 5.91. The number of hydrogen-bond donors (Lipinski definition) is 0. The molecule has 23 heavy (non-hydrogen) atoms. The van der Waals surface area contributed by atoms with Crippen molar-refractivity contribution in [1.29, 1.82) is 0 Å². The number of aromatic nitrogens is 4. The number of carbonyl (C=O) groups excluding carboxylic acids is 1. The maximum absolute atomic E-state index is 12.7. The normalized spacial score (nSPS) is 16.5. The van der Waals surface area contributed by atoms with E-state index in [1.165, 1.54) is 0 Å². The molecule has 7 heteroatoms. The molecule has 1 saturated heterocycles. The molecule has 0 saturated carbocycles. The van der Waals surface area contributed by atoms with Crippen molar-refractivity contribution < 1.29 is 4.79 Å². The minimum absolute atomic E-state index is 0.116. The van der Waals surface area contributed by atoms with E-state index in [0.29, 0.717) is 13.1 Å². The fourth-order valence-electron chi connectivity index (χ4n) is 2.99. The van der Waals surface area contributed by atoms with E-state index in [9.17, 15) is 4.79 Å². The van der Waals surface area contributed by atoms with Gasteiger partial charge in [0.2, 0.25) is 11.9 Å². The Morgan fingerprint density at radius 2 is 1.78 bits per heavy atom. The quantitative estimate of drug-likeness (QED) is 0.851. The summed E-state index contributed by atoms with van der Waals surface area (Å²) in [6.45, 7) is 8.70. The van der Waals surface area contributed by atoms with Crippen LogP contribution in [0.15, 0.2) is 24.5 Å². The van der Waals surface area contributed by atoms with Gasteiger partial charge in [-0.3, -0.25) is 9.48 Å². The van der Waals surface area contributed by atoms with Gasteiger partial charge in [-0.2, -0.15) is 5.10 Å². The molecule has 1 fully saturated rings. The maximum atomic E-state index is 12.7. The van der Waals surface area contributed by atoms with Crippen LogP contribution in [0.1, 0.15) is 24.4 Å². The lowest BCUT2D eigenvalue weighted by atomic mass is 10.2. The Morgan fingerprint density at radius 1 is 1.13 bits per heavy atom. The van der Waals surface area contributed by atoms with Gasteiger partial charge in [0.15, 0.2) is 0 Å². The van der Waals surface area contributed by atoms with Crippen molar-refractivity contribution in [3.8, 4) is 0 Å². The Balaban J connectivity index is 1.63. The largest absolute Gasteiger partial charge is 0.337 e. The molecule has 1 atom stereocenters. The Hall–Kier alpha value is -2.44. The second kappa shape index (κ2) is 6.36. The Morgan fingerprint density at radius 3 is 2.35 bits per heavy atom. The molecule has 1 amide bonds. The van der Waals surface area contributed by atoms with Crippen LogP contribution in [0, 0.1) is 13.8 Å². The first-order valence-corrected chi connectivity index (χ1v) is 7.90. The number of carbonyl (C=O) groups is 1. The third-order valence-electron chi connectivity index (χ3n) is 4.20. The fourth-order valence-corrected chi connectivity index (χ4v) is 2.99. The van der Waals surface area contributed by atoms with Crippen LogP contribution in [0.5, 0.6) is 0 Å². The summed E-state index contributed by atoms with van der Waals surface area (Å²) in [4.78, 5) is 25.3. The summed E-state index contributed by atoms with van der Waals surface area (Å²) in [6.07, 6.45) is 3.48. The van der Waals surface area contributed by atoms with Crippen molar-refractivity contribution in [2.24, 2.45) is 0 Å². The van der Waals surface area contributed by atoms with Gasteiger partial charge in [0.05, 0.1) is 5.69 Å². The number of anilines is 1. The molecule has 0 bridgehead atoms. The number of piperazine rings is 1. The van der Waals surface area contributed by atoms with Gasteiger partial charge in [0.25, 0.3) is 0 Å². The van der Waals surface area contributed by atoms with Gasteiger partial charge in [-0.25, -0.2) is 9.97 Å². The molecular formula is C16H22N6O. The first-order chi connectivity index (χ1) is 11.1. The molecule has 0 spiro atoms. The van der Waals surface area contributed by atoms with E-state index in [1.807, 2.05) is 36.4 Å². The summed E-state index contributed by atoms with van der Waals surface area (Å²) in [5.74, 6) is 0.844. The molecule has 0 aromatic carbocycles. The molecule has 2 aromatic heterocycles. The minimum atomic E-state index is -0.275. The zero-order chi connectivity index (χ0) is 16.4. The molecule has 122 valence electrons. The second-order valence-electron chi connectivity index (χ2n) is 5.91. The van der Waals surface area contributed by atoms with E-state index in [4.69, 9.17) is 0 Å². The van der Waals surface area contributed by atoms with Crippen molar-refractivity contribution >= 4 is 11.9 Å². The van der Waals surface area contributed by atoms with E-state index >= 15 is 0 Å². The van der Waals surface area contributed by atoms with Crippen molar-refractivity contribution in [3.63, 3.8) is 0 Å². The summed E-state index contributed by atoms with van der Waals surface area (Å²) >= 11 is 0. The first kappa shape index (κ1) is 15.5. The number of hydrogen-bond acceptors (Lipinski definition) is 5. The molecule has 1 aliphatic rings. The van der Waals surface area contributed by atoms with Crippen molar-refractivity contribution in [3.05, 3.63) is 35.9 Å². The Bertz CT molecular complexity index is 675. The molecule has 3 rings (SSSR count). The van der Waals surface area contributed by atoms with Crippen molar-refractivity contribution in [2.45, 2.75) is 26.8 Å². The van der Waals surface area contributed by atoms with Crippen LogP contribution in [-0.4, -0.2) is 56.7 Å². The molecule has 0 aliphatic carbocycles. The Kier molecular flexibility index (Phi) is 4.27. The number of amides is 1. The highest BCUT2D eigenvalue weighted by Gasteiger charge is 2.27. The number of nitrogens with zero attached hydrogens (tertiary/aromatic N) is 6. The van der Waals surface area contributed by atoms with Gasteiger partial charge in [0, 0.05) is 44.3 Å². The van der Waals surface area contributed by atoms with E-state index in [-0.39, 0.29) is 11.9 Å². The average Bonchev–Trinajstić information content (AvgIpc) is 2.93. The monoisotopic (exact) mass is 314 g/mol. The van der Waals surface area contributed by atoms with E-state index < -0.39 is 0 Å². The van der Waals surface area contributed by atoms with Gasteiger partial charge in [-0.15, -0.1) is 0 Å². The zero-order valence-electron chi connectivity index (χ0n) is 13.8. The molecule has 1 unspecified atom stereocenters. The zero-order valence-corrected chi connectivity index (χ0v) is 13.8. The summed E-state index contributed by atoms with van der Waals surface area (Å²) in [7, 11) is 0.